The van der Waals surface area contributed by atoms with E-state index in [1.54, 1.807) is 7.11 Å². The second-order valence-corrected chi connectivity index (χ2v) is 7.02. The molecule has 24 heavy (non-hydrogen) atoms. The predicted octanol–water partition coefficient (Wildman–Crippen LogP) is 1.25. The van der Waals surface area contributed by atoms with E-state index in [1.165, 1.54) is 12.8 Å². The van der Waals surface area contributed by atoms with Gasteiger partial charge in [-0.1, -0.05) is 6.92 Å². The van der Waals surface area contributed by atoms with E-state index in [4.69, 9.17) is 4.74 Å². The van der Waals surface area contributed by atoms with Crippen molar-refractivity contribution in [3.8, 4) is 0 Å². The first-order valence-corrected chi connectivity index (χ1v) is 9.41. The predicted molar refractivity (Wildman–Crippen MR) is 93.7 cm³/mol. The van der Waals surface area contributed by atoms with Crippen LogP contribution in [0.1, 0.15) is 45.4 Å². The topological polar surface area (TPSA) is 61.9 Å². The van der Waals surface area contributed by atoms with Gasteiger partial charge in [-0.15, -0.1) is 0 Å². The van der Waals surface area contributed by atoms with Crippen molar-refractivity contribution < 1.29 is 14.3 Å². The summed E-state index contributed by atoms with van der Waals surface area (Å²) in [6.07, 6.45) is 5.97. The number of carbonyl (C=O) groups is 2. The minimum atomic E-state index is 0.0748. The van der Waals surface area contributed by atoms with Gasteiger partial charge in [-0.3, -0.25) is 14.5 Å². The van der Waals surface area contributed by atoms with Crippen molar-refractivity contribution >= 4 is 11.8 Å². The minimum absolute atomic E-state index is 0.0748. The zero-order valence-electron chi connectivity index (χ0n) is 15.3. The van der Waals surface area contributed by atoms with Gasteiger partial charge in [0.15, 0.2) is 0 Å². The van der Waals surface area contributed by atoms with Crippen LogP contribution in [-0.2, 0) is 14.3 Å². The molecule has 0 aromatic heterocycles. The number of piperidine rings is 1. The standard InChI is InChI=1S/C18H33N3O3/c1-3-20-10-4-5-16(20)13-19-17(22)7-6-15-8-11-21(12-9-15)18(23)14-24-2/h15-16H,3-14H2,1-2H3,(H,19,22)/t16-/m1/s1. The van der Waals surface area contributed by atoms with Crippen molar-refractivity contribution in [2.75, 3.05) is 46.4 Å². The molecule has 0 saturated carbocycles. The highest BCUT2D eigenvalue weighted by Crippen LogP contribution is 2.22. The van der Waals surface area contributed by atoms with E-state index in [0.29, 0.717) is 18.4 Å². The molecule has 6 heteroatoms. The SMILES string of the molecule is CCN1CCC[C@@H]1CNC(=O)CCC1CCN(C(=O)COC)CC1. The molecule has 0 bridgehead atoms. The highest BCUT2D eigenvalue weighted by Gasteiger charge is 2.24. The summed E-state index contributed by atoms with van der Waals surface area (Å²) in [6, 6.07) is 0.522. The molecule has 0 aromatic rings. The second-order valence-electron chi connectivity index (χ2n) is 7.02. The molecule has 2 rings (SSSR count). The van der Waals surface area contributed by atoms with Gasteiger partial charge in [-0.2, -0.15) is 0 Å². The van der Waals surface area contributed by atoms with Crippen LogP contribution in [0.2, 0.25) is 0 Å². The maximum Gasteiger partial charge on any atom is 0.248 e. The van der Waals surface area contributed by atoms with Crippen molar-refractivity contribution in [3.63, 3.8) is 0 Å². The Bertz CT molecular complexity index is 408. The van der Waals surface area contributed by atoms with Crippen LogP contribution in [0.25, 0.3) is 0 Å². The molecule has 2 fully saturated rings. The maximum atomic E-state index is 12.1. The van der Waals surface area contributed by atoms with E-state index in [-0.39, 0.29) is 18.4 Å². The first kappa shape index (κ1) is 19.2. The van der Waals surface area contributed by atoms with E-state index in [0.717, 1.165) is 52.0 Å². The lowest BCUT2D eigenvalue weighted by Crippen LogP contribution is -2.41. The zero-order chi connectivity index (χ0) is 17.4. The molecule has 0 aromatic carbocycles. The third kappa shape index (κ3) is 5.74. The molecule has 2 amide bonds. The Hall–Kier alpha value is -1.14. The summed E-state index contributed by atoms with van der Waals surface area (Å²) in [4.78, 5) is 28.2. The highest BCUT2D eigenvalue weighted by molar-refractivity contribution is 5.77. The van der Waals surface area contributed by atoms with Crippen molar-refractivity contribution in [1.82, 2.24) is 15.1 Å². The molecular weight excluding hydrogens is 306 g/mol. The Morgan fingerprint density at radius 2 is 1.92 bits per heavy atom. The number of ether oxygens (including phenoxy) is 1. The Morgan fingerprint density at radius 3 is 2.58 bits per heavy atom. The van der Waals surface area contributed by atoms with Crippen LogP contribution in [-0.4, -0.2) is 74.1 Å². The number of hydrogen-bond acceptors (Lipinski definition) is 4. The Morgan fingerprint density at radius 1 is 1.17 bits per heavy atom. The largest absolute Gasteiger partial charge is 0.375 e. The van der Waals surface area contributed by atoms with E-state index in [9.17, 15) is 9.59 Å². The number of rotatable bonds is 8. The summed E-state index contributed by atoms with van der Waals surface area (Å²) in [5.74, 6) is 0.808. The summed E-state index contributed by atoms with van der Waals surface area (Å²) in [5, 5.41) is 3.11. The number of nitrogens with zero attached hydrogens (tertiary/aromatic N) is 2. The van der Waals surface area contributed by atoms with E-state index < -0.39 is 0 Å². The average molecular weight is 339 g/mol. The number of amides is 2. The molecule has 2 saturated heterocycles. The Kier molecular flexibility index (Phi) is 7.99. The third-order valence-corrected chi connectivity index (χ3v) is 5.45. The fourth-order valence-corrected chi connectivity index (χ4v) is 3.88. The molecule has 0 radical (unpaired) electrons. The average Bonchev–Trinajstić information content (AvgIpc) is 3.06. The fraction of sp³-hybridized carbons (Fsp3) is 0.889. The first-order valence-electron chi connectivity index (χ1n) is 9.41. The molecule has 2 aliphatic rings. The van der Waals surface area contributed by atoms with E-state index >= 15 is 0 Å². The van der Waals surface area contributed by atoms with Crippen LogP contribution in [0.15, 0.2) is 0 Å². The number of nitrogens with one attached hydrogen (secondary N) is 1. The summed E-state index contributed by atoms with van der Waals surface area (Å²) in [6.45, 7) is 6.96. The summed E-state index contributed by atoms with van der Waals surface area (Å²) in [7, 11) is 1.55. The molecule has 1 atom stereocenters. The van der Waals surface area contributed by atoms with Crippen molar-refractivity contribution in [1.29, 1.82) is 0 Å². The van der Waals surface area contributed by atoms with Crippen LogP contribution < -0.4 is 5.32 Å². The van der Waals surface area contributed by atoms with Crippen LogP contribution in [0, 0.1) is 5.92 Å². The lowest BCUT2D eigenvalue weighted by molar-refractivity contribution is -0.136. The fourth-order valence-electron chi connectivity index (χ4n) is 3.88. The van der Waals surface area contributed by atoms with Gasteiger partial charge < -0.3 is 15.0 Å². The molecule has 0 spiro atoms. The molecule has 2 heterocycles. The molecule has 0 unspecified atom stereocenters. The summed E-state index contributed by atoms with van der Waals surface area (Å²) < 4.78 is 4.90. The Balaban J connectivity index is 1.58. The second kappa shape index (κ2) is 9.99. The van der Waals surface area contributed by atoms with Gasteiger partial charge in [0.2, 0.25) is 11.8 Å². The van der Waals surface area contributed by atoms with E-state index in [2.05, 4.69) is 17.1 Å². The van der Waals surface area contributed by atoms with Gasteiger partial charge in [-0.25, -0.2) is 0 Å². The normalized spacial score (nSPS) is 22.8. The number of hydrogen-bond donors (Lipinski definition) is 1. The number of likely N-dealkylation sites (tertiary alicyclic amines) is 2. The smallest absolute Gasteiger partial charge is 0.248 e. The van der Waals surface area contributed by atoms with Gasteiger partial charge >= 0.3 is 0 Å². The molecular formula is C18H33N3O3. The Labute approximate surface area is 145 Å². The third-order valence-electron chi connectivity index (χ3n) is 5.45. The van der Waals surface area contributed by atoms with Crippen molar-refractivity contribution in [2.45, 2.75) is 51.5 Å². The number of carbonyl (C=O) groups excluding carboxylic acids is 2. The quantitative estimate of drug-likeness (QED) is 0.723. The van der Waals surface area contributed by atoms with Gasteiger partial charge in [0.25, 0.3) is 0 Å². The van der Waals surface area contributed by atoms with Gasteiger partial charge in [-0.05, 0) is 51.1 Å². The van der Waals surface area contributed by atoms with Gasteiger partial charge in [0.05, 0.1) is 0 Å². The van der Waals surface area contributed by atoms with Crippen LogP contribution in [0.4, 0.5) is 0 Å². The van der Waals surface area contributed by atoms with Gasteiger partial charge in [0.1, 0.15) is 6.61 Å². The lowest BCUT2D eigenvalue weighted by Gasteiger charge is -2.31. The summed E-state index contributed by atoms with van der Waals surface area (Å²) >= 11 is 0. The monoisotopic (exact) mass is 339 g/mol. The minimum Gasteiger partial charge on any atom is -0.375 e. The maximum absolute atomic E-state index is 12.1. The summed E-state index contributed by atoms with van der Waals surface area (Å²) in [5.41, 5.74) is 0. The van der Waals surface area contributed by atoms with Crippen molar-refractivity contribution in [2.24, 2.45) is 5.92 Å². The molecule has 6 nitrogen and oxygen atoms in total. The molecule has 138 valence electrons. The molecule has 1 N–H and O–H groups in total. The van der Waals surface area contributed by atoms with Gasteiger partial charge in [0, 0.05) is 39.2 Å². The van der Waals surface area contributed by atoms with Crippen molar-refractivity contribution in [3.05, 3.63) is 0 Å². The lowest BCUT2D eigenvalue weighted by atomic mass is 9.92. The molecule has 0 aliphatic carbocycles. The van der Waals surface area contributed by atoms with E-state index in [1.807, 2.05) is 4.90 Å². The molecule has 2 aliphatic heterocycles. The van der Waals surface area contributed by atoms with Crippen LogP contribution in [0.5, 0.6) is 0 Å². The number of methoxy groups -OCH3 is 1. The van der Waals surface area contributed by atoms with Crippen LogP contribution >= 0.6 is 0 Å². The number of likely N-dealkylation sites (N-methyl/N-ethyl adjacent to an activating group) is 1. The first-order chi connectivity index (χ1) is 11.6. The zero-order valence-corrected chi connectivity index (χ0v) is 15.3. The highest BCUT2D eigenvalue weighted by atomic mass is 16.5. The van der Waals surface area contributed by atoms with Crippen LogP contribution in [0.3, 0.4) is 0 Å².